The van der Waals surface area contributed by atoms with Gasteiger partial charge in [0.1, 0.15) is 5.82 Å². The highest BCUT2D eigenvalue weighted by atomic mass is 127. The summed E-state index contributed by atoms with van der Waals surface area (Å²) < 4.78 is 32.9. The maximum absolute atomic E-state index is 14.1. The fourth-order valence-corrected chi connectivity index (χ4v) is 3.45. The topological polar surface area (TPSA) is 63.9 Å². The number of hydrogen-bond acceptors (Lipinski definition) is 4. The summed E-state index contributed by atoms with van der Waals surface area (Å²) in [5.74, 6) is 0.188. The summed E-state index contributed by atoms with van der Waals surface area (Å²) in [7, 11) is 3.15. The maximum Gasteiger partial charge on any atom is 0.194 e. The molecule has 2 aromatic rings. The molecule has 3 rings (SSSR count). The van der Waals surface area contributed by atoms with Crippen LogP contribution >= 0.6 is 24.0 Å². The van der Waals surface area contributed by atoms with Crippen molar-refractivity contribution in [1.29, 1.82) is 5.26 Å². The van der Waals surface area contributed by atoms with Crippen LogP contribution in [-0.4, -0.2) is 56.1 Å². The van der Waals surface area contributed by atoms with E-state index < -0.39 is 5.82 Å². The molecule has 6 nitrogen and oxygen atoms in total. The van der Waals surface area contributed by atoms with Gasteiger partial charge in [0.2, 0.25) is 0 Å². The summed E-state index contributed by atoms with van der Waals surface area (Å²) in [6.07, 6.45) is 0. The lowest BCUT2D eigenvalue weighted by Gasteiger charge is -2.36. The first-order valence-corrected chi connectivity index (χ1v) is 9.73. The first-order chi connectivity index (χ1) is 14.5. The van der Waals surface area contributed by atoms with Crippen molar-refractivity contribution < 1.29 is 13.5 Å². The zero-order valence-electron chi connectivity index (χ0n) is 17.6. The number of benzene rings is 2. The van der Waals surface area contributed by atoms with Gasteiger partial charge in [0.25, 0.3) is 0 Å². The van der Waals surface area contributed by atoms with Gasteiger partial charge in [-0.05, 0) is 29.8 Å². The quantitative estimate of drug-likeness (QED) is 0.358. The lowest BCUT2D eigenvalue weighted by Crippen LogP contribution is -2.52. The van der Waals surface area contributed by atoms with E-state index in [2.05, 4.69) is 20.1 Å². The summed E-state index contributed by atoms with van der Waals surface area (Å²) in [6.45, 7) is 4.08. The van der Waals surface area contributed by atoms with Crippen LogP contribution in [0.2, 0.25) is 0 Å². The molecule has 1 aliphatic heterocycles. The molecule has 1 fully saturated rings. The Balaban J connectivity index is 0.00000341. The lowest BCUT2D eigenvalue weighted by atomic mass is 10.1. The van der Waals surface area contributed by atoms with Gasteiger partial charge in [-0.2, -0.15) is 5.26 Å². The Bertz CT molecular complexity index is 955. The van der Waals surface area contributed by atoms with Crippen molar-refractivity contribution in [2.45, 2.75) is 13.1 Å². The van der Waals surface area contributed by atoms with E-state index >= 15 is 0 Å². The standard InChI is InChI=1S/C22H25F2N5O.HI/c1-26-22(27-14-18-5-3-16(13-25)11-19(18)23)29-9-7-28(8-10-29)15-17-4-6-21(30-2)20(24)12-17;/h3-6,11-12H,7-10,14-15H2,1-2H3,(H,26,27);1H. The third-order valence-corrected chi connectivity index (χ3v) is 5.13. The number of piperazine rings is 1. The van der Waals surface area contributed by atoms with Gasteiger partial charge in [-0.15, -0.1) is 24.0 Å². The molecule has 1 aliphatic rings. The molecule has 0 aromatic heterocycles. The molecule has 1 saturated heterocycles. The van der Waals surface area contributed by atoms with E-state index in [0.29, 0.717) is 23.6 Å². The molecule has 0 spiro atoms. The molecule has 166 valence electrons. The number of nitrogens with zero attached hydrogens (tertiary/aromatic N) is 4. The molecular weight excluding hydrogens is 515 g/mol. The van der Waals surface area contributed by atoms with Crippen molar-refractivity contribution in [2.75, 3.05) is 40.3 Å². The average Bonchev–Trinajstić information content (AvgIpc) is 2.76. The Morgan fingerprint density at radius 3 is 2.45 bits per heavy atom. The number of rotatable bonds is 5. The van der Waals surface area contributed by atoms with E-state index in [1.54, 1.807) is 25.2 Å². The smallest absolute Gasteiger partial charge is 0.194 e. The minimum atomic E-state index is -0.409. The van der Waals surface area contributed by atoms with Crippen LogP contribution in [0.5, 0.6) is 5.75 Å². The number of methoxy groups -OCH3 is 1. The number of aliphatic imine (C=N–C) groups is 1. The van der Waals surface area contributed by atoms with Gasteiger partial charge >= 0.3 is 0 Å². The highest BCUT2D eigenvalue weighted by molar-refractivity contribution is 14.0. The van der Waals surface area contributed by atoms with Crippen LogP contribution in [0.15, 0.2) is 41.4 Å². The van der Waals surface area contributed by atoms with E-state index in [-0.39, 0.29) is 42.1 Å². The summed E-state index contributed by atoms with van der Waals surface area (Å²) in [5, 5.41) is 12.0. The largest absolute Gasteiger partial charge is 0.494 e. The number of ether oxygens (including phenoxy) is 1. The average molecular weight is 541 g/mol. The molecular formula is C22H26F2IN5O. The van der Waals surface area contributed by atoms with Gasteiger partial charge in [-0.25, -0.2) is 8.78 Å². The van der Waals surface area contributed by atoms with Crippen molar-refractivity contribution in [1.82, 2.24) is 15.1 Å². The Morgan fingerprint density at radius 2 is 1.87 bits per heavy atom. The SMILES string of the molecule is CN=C(NCc1ccc(C#N)cc1F)N1CCN(Cc2ccc(OC)c(F)c2)CC1.I. The van der Waals surface area contributed by atoms with Crippen molar-refractivity contribution in [3.8, 4) is 11.8 Å². The number of hydrogen-bond donors (Lipinski definition) is 1. The Hall–Kier alpha value is -2.45. The Labute approximate surface area is 198 Å². The predicted molar refractivity (Wildman–Crippen MR) is 127 cm³/mol. The van der Waals surface area contributed by atoms with Crippen LogP contribution in [0.3, 0.4) is 0 Å². The monoisotopic (exact) mass is 541 g/mol. The highest BCUT2D eigenvalue weighted by Gasteiger charge is 2.20. The third kappa shape index (κ3) is 6.51. The van der Waals surface area contributed by atoms with Gasteiger partial charge in [-0.3, -0.25) is 9.89 Å². The molecule has 0 bridgehead atoms. The van der Waals surface area contributed by atoms with Gasteiger partial charge in [0.05, 0.1) is 18.7 Å². The molecule has 0 amide bonds. The molecule has 9 heteroatoms. The fourth-order valence-electron chi connectivity index (χ4n) is 3.45. The number of guanidine groups is 1. The van der Waals surface area contributed by atoms with E-state index in [1.807, 2.05) is 12.1 Å². The Morgan fingerprint density at radius 1 is 1.13 bits per heavy atom. The second kappa shape index (κ2) is 11.8. The molecule has 2 aromatic carbocycles. The fraction of sp³-hybridized carbons (Fsp3) is 0.364. The zero-order chi connectivity index (χ0) is 21.5. The third-order valence-electron chi connectivity index (χ3n) is 5.13. The Kier molecular flexibility index (Phi) is 9.45. The first-order valence-electron chi connectivity index (χ1n) is 9.73. The minimum absolute atomic E-state index is 0. The van der Waals surface area contributed by atoms with E-state index in [1.165, 1.54) is 19.2 Å². The van der Waals surface area contributed by atoms with Crippen LogP contribution < -0.4 is 10.1 Å². The summed E-state index contributed by atoms with van der Waals surface area (Å²) >= 11 is 0. The van der Waals surface area contributed by atoms with Crippen LogP contribution in [0.1, 0.15) is 16.7 Å². The van der Waals surface area contributed by atoms with Crippen LogP contribution in [0, 0.1) is 23.0 Å². The second-order valence-electron chi connectivity index (χ2n) is 7.05. The molecule has 0 atom stereocenters. The van der Waals surface area contributed by atoms with Gasteiger partial charge in [0.15, 0.2) is 17.5 Å². The number of halogens is 3. The van der Waals surface area contributed by atoms with Gasteiger partial charge < -0.3 is 15.0 Å². The molecule has 1 heterocycles. The summed E-state index contributed by atoms with van der Waals surface area (Å²) in [6, 6.07) is 11.4. The van der Waals surface area contributed by atoms with Crippen molar-refractivity contribution in [3.05, 3.63) is 64.7 Å². The molecule has 31 heavy (non-hydrogen) atoms. The molecule has 0 unspecified atom stereocenters. The molecule has 0 saturated carbocycles. The van der Waals surface area contributed by atoms with Crippen LogP contribution in [0.25, 0.3) is 0 Å². The zero-order valence-corrected chi connectivity index (χ0v) is 19.9. The summed E-state index contributed by atoms with van der Waals surface area (Å²) in [4.78, 5) is 8.68. The van der Waals surface area contributed by atoms with Crippen molar-refractivity contribution in [2.24, 2.45) is 4.99 Å². The normalized spacial score (nSPS) is 14.5. The van der Waals surface area contributed by atoms with E-state index in [9.17, 15) is 8.78 Å². The van der Waals surface area contributed by atoms with E-state index in [4.69, 9.17) is 10.00 Å². The number of nitrogens with one attached hydrogen (secondary N) is 1. The molecule has 1 N–H and O–H groups in total. The van der Waals surface area contributed by atoms with Gasteiger partial charge in [-0.1, -0.05) is 12.1 Å². The molecule has 0 radical (unpaired) electrons. The van der Waals surface area contributed by atoms with Crippen LogP contribution in [0.4, 0.5) is 8.78 Å². The highest BCUT2D eigenvalue weighted by Crippen LogP contribution is 2.19. The molecule has 0 aliphatic carbocycles. The van der Waals surface area contributed by atoms with Crippen molar-refractivity contribution >= 4 is 29.9 Å². The van der Waals surface area contributed by atoms with Crippen molar-refractivity contribution in [3.63, 3.8) is 0 Å². The van der Waals surface area contributed by atoms with Gasteiger partial charge in [0, 0.05) is 51.9 Å². The predicted octanol–water partition coefficient (Wildman–Crippen LogP) is 3.36. The summed E-state index contributed by atoms with van der Waals surface area (Å²) in [5.41, 5.74) is 1.68. The minimum Gasteiger partial charge on any atom is -0.494 e. The first kappa shape index (κ1) is 24.8. The van der Waals surface area contributed by atoms with Crippen LogP contribution in [-0.2, 0) is 13.1 Å². The maximum atomic E-state index is 14.1. The number of nitriles is 1. The lowest BCUT2D eigenvalue weighted by molar-refractivity contribution is 0.172. The second-order valence-corrected chi connectivity index (χ2v) is 7.05. The van der Waals surface area contributed by atoms with E-state index in [0.717, 1.165) is 31.7 Å².